The smallest absolute Gasteiger partial charge is 0.227 e. The maximum absolute atomic E-state index is 12.8. The van der Waals surface area contributed by atoms with E-state index in [4.69, 9.17) is 4.74 Å². The predicted molar refractivity (Wildman–Crippen MR) is 116 cm³/mol. The highest BCUT2D eigenvalue weighted by molar-refractivity contribution is 7.16. The fraction of sp³-hybridized carbons (Fsp3) is 0.333. The minimum absolute atomic E-state index is 0.0253. The van der Waals surface area contributed by atoms with Gasteiger partial charge in [-0.05, 0) is 31.2 Å². The number of carbonyl (C=O) groups excluding carboxylic acids is 2. The third-order valence-corrected chi connectivity index (χ3v) is 7.06. The molecule has 1 unspecified atom stereocenters. The topological polar surface area (TPSA) is 92.6 Å². The van der Waals surface area contributed by atoms with Crippen LogP contribution in [0.15, 0.2) is 29.6 Å². The van der Waals surface area contributed by atoms with Crippen molar-refractivity contribution >= 4 is 40.1 Å². The van der Waals surface area contributed by atoms with Crippen LogP contribution in [0.1, 0.15) is 22.1 Å². The summed E-state index contributed by atoms with van der Waals surface area (Å²) in [5.74, 6) is 0.366. The first-order valence-corrected chi connectivity index (χ1v) is 11.2. The molecular weight excluding hydrogens is 422 g/mol. The molecule has 1 saturated heterocycles. The fourth-order valence-corrected chi connectivity index (χ4v) is 5.24. The summed E-state index contributed by atoms with van der Waals surface area (Å²) in [6.45, 7) is 2.17. The summed E-state index contributed by atoms with van der Waals surface area (Å²) in [6, 6.07) is 7.26. The number of amides is 1. The molecule has 4 rings (SSSR count). The van der Waals surface area contributed by atoms with Crippen molar-refractivity contribution in [2.45, 2.75) is 26.4 Å². The van der Waals surface area contributed by atoms with E-state index in [1.807, 2.05) is 24.4 Å². The number of hydrogen-bond donors (Lipinski definition) is 1. The quantitative estimate of drug-likeness (QED) is 0.603. The highest BCUT2D eigenvalue weighted by Gasteiger charge is 2.35. The van der Waals surface area contributed by atoms with Crippen LogP contribution < -0.4 is 9.64 Å². The number of anilines is 1. The third kappa shape index (κ3) is 4.14. The Morgan fingerprint density at radius 2 is 2.03 bits per heavy atom. The lowest BCUT2D eigenvalue weighted by atomic mass is 10.0. The molecule has 0 aliphatic carbocycles. The lowest BCUT2D eigenvalue weighted by molar-refractivity contribution is -0.124. The van der Waals surface area contributed by atoms with Gasteiger partial charge in [0.2, 0.25) is 5.91 Å². The van der Waals surface area contributed by atoms with E-state index in [1.165, 1.54) is 22.7 Å². The van der Waals surface area contributed by atoms with Gasteiger partial charge in [0.05, 0.1) is 36.4 Å². The maximum Gasteiger partial charge on any atom is 0.227 e. The molecule has 3 heterocycles. The van der Waals surface area contributed by atoms with Crippen LogP contribution in [0.3, 0.4) is 0 Å². The van der Waals surface area contributed by atoms with E-state index < -0.39 is 0 Å². The van der Waals surface area contributed by atoms with Crippen LogP contribution in [0, 0.1) is 12.8 Å². The molecule has 1 aliphatic rings. The minimum atomic E-state index is -0.335. The van der Waals surface area contributed by atoms with E-state index in [1.54, 1.807) is 24.1 Å². The van der Waals surface area contributed by atoms with Crippen molar-refractivity contribution in [2.24, 2.45) is 5.92 Å². The minimum Gasteiger partial charge on any atom is -0.497 e. The van der Waals surface area contributed by atoms with E-state index in [2.05, 4.69) is 9.97 Å². The first-order valence-electron chi connectivity index (χ1n) is 9.47. The monoisotopic (exact) mass is 443 g/mol. The predicted octanol–water partition coefficient (Wildman–Crippen LogP) is 3.24. The number of aromatic nitrogens is 2. The normalized spacial score (nSPS) is 16.3. The number of aliphatic hydroxyl groups excluding tert-OH is 1. The Morgan fingerprint density at radius 1 is 1.27 bits per heavy atom. The van der Waals surface area contributed by atoms with Crippen LogP contribution in [-0.2, 0) is 22.6 Å². The number of rotatable bonds is 7. The molecule has 1 aliphatic heterocycles. The number of nitrogens with zero attached hydrogens (tertiary/aromatic N) is 3. The standard InChI is InChI=1S/C21H21N3O4S2/c1-12-21(30-19(10-25)22-12)16-11-29-18(23-16)8-17(26)13-7-20(27)24(9-13)14-3-5-15(28-2)6-4-14/h3-6,11,13,25H,7-10H2,1-2H3. The second kappa shape index (κ2) is 8.63. The van der Waals surface area contributed by atoms with Gasteiger partial charge in [0.1, 0.15) is 21.5 Å². The summed E-state index contributed by atoms with van der Waals surface area (Å²) in [5.41, 5.74) is 2.37. The molecule has 0 bridgehead atoms. The molecule has 1 atom stereocenters. The molecule has 0 spiro atoms. The largest absolute Gasteiger partial charge is 0.497 e. The van der Waals surface area contributed by atoms with E-state index in [9.17, 15) is 14.7 Å². The van der Waals surface area contributed by atoms with Gasteiger partial charge in [-0.15, -0.1) is 22.7 Å². The molecule has 7 nitrogen and oxygen atoms in total. The molecule has 1 aromatic carbocycles. The van der Waals surface area contributed by atoms with Gasteiger partial charge >= 0.3 is 0 Å². The maximum atomic E-state index is 12.8. The number of hydrogen-bond acceptors (Lipinski definition) is 8. The van der Waals surface area contributed by atoms with Crippen molar-refractivity contribution in [2.75, 3.05) is 18.6 Å². The van der Waals surface area contributed by atoms with Crippen molar-refractivity contribution in [3.8, 4) is 16.3 Å². The Morgan fingerprint density at radius 3 is 2.70 bits per heavy atom. The van der Waals surface area contributed by atoms with Gasteiger partial charge < -0.3 is 14.7 Å². The van der Waals surface area contributed by atoms with Gasteiger partial charge in [-0.3, -0.25) is 9.59 Å². The Bertz CT molecular complexity index is 1070. The highest BCUT2D eigenvalue weighted by atomic mass is 32.1. The summed E-state index contributed by atoms with van der Waals surface area (Å²) in [7, 11) is 1.59. The van der Waals surface area contributed by atoms with Gasteiger partial charge in [-0.25, -0.2) is 9.97 Å². The van der Waals surface area contributed by atoms with Crippen LogP contribution in [0.4, 0.5) is 5.69 Å². The van der Waals surface area contributed by atoms with Gasteiger partial charge in [-0.2, -0.15) is 0 Å². The van der Waals surface area contributed by atoms with Crippen LogP contribution in [0.25, 0.3) is 10.6 Å². The Balaban J connectivity index is 1.42. The lowest BCUT2D eigenvalue weighted by Crippen LogP contribution is -2.26. The summed E-state index contributed by atoms with van der Waals surface area (Å²) in [5, 5.41) is 12.6. The van der Waals surface area contributed by atoms with Gasteiger partial charge in [0.25, 0.3) is 0 Å². The molecule has 3 aromatic rings. The zero-order valence-corrected chi connectivity index (χ0v) is 18.3. The molecule has 9 heteroatoms. The van der Waals surface area contributed by atoms with Crippen molar-refractivity contribution in [1.29, 1.82) is 0 Å². The van der Waals surface area contributed by atoms with E-state index in [0.29, 0.717) is 11.6 Å². The van der Waals surface area contributed by atoms with Gasteiger partial charge in [-0.1, -0.05) is 0 Å². The number of thiazole rings is 2. The summed E-state index contributed by atoms with van der Waals surface area (Å²) in [6.07, 6.45) is 0.431. The summed E-state index contributed by atoms with van der Waals surface area (Å²) < 4.78 is 5.15. The van der Waals surface area contributed by atoms with Crippen LogP contribution in [-0.4, -0.2) is 40.4 Å². The zero-order chi connectivity index (χ0) is 21.3. The second-order valence-electron chi connectivity index (χ2n) is 7.05. The molecule has 0 radical (unpaired) electrons. The van der Waals surface area contributed by atoms with Crippen molar-refractivity contribution < 1.29 is 19.4 Å². The molecule has 1 fully saturated rings. The number of aryl methyl sites for hydroxylation is 1. The lowest BCUT2D eigenvalue weighted by Gasteiger charge is -2.16. The average Bonchev–Trinajstić information content (AvgIpc) is 3.46. The number of ether oxygens (including phenoxy) is 1. The zero-order valence-electron chi connectivity index (χ0n) is 16.6. The molecule has 0 saturated carbocycles. The second-order valence-corrected chi connectivity index (χ2v) is 9.08. The fourth-order valence-electron chi connectivity index (χ4n) is 3.48. The molecule has 2 aromatic heterocycles. The number of benzene rings is 1. The average molecular weight is 444 g/mol. The van der Waals surface area contributed by atoms with E-state index >= 15 is 0 Å². The molecule has 156 valence electrons. The number of methoxy groups -OCH3 is 1. The van der Waals surface area contributed by atoms with Crippen molar-refractivity contribution in [1.82, 2.24) is 9.97 Å². The number of carbonyl (C=O) groups is 2. The number of Topliss-reactive ketones (excluding diaryl/α,β-unsaturated/α-hetero) is 1. The van der Waals surface area contributed by atoms with Crippen LogP contribution in [0.5, 0.6) is 5.75 Å². The Hall–Kier alpha value is -2.62. The summed E-state index contributed by atoms with van der Waals surface area (Å²) >= 11 is 2.84. The van der Waals surface area contributed by atoms with E-state index in [0.717, 1.165) is 32.7 Å². The first kappa shape index (κ1) is 20.6. The Labute approximate surface area is 182 Å². The SMILES string of the molecule is COc1ccc(N2CC(C(=O)Cc3nc(-c4sc(CO)nc4C)cs3)CC2=O)cc1. The molecular formula is C21H21N3O4S2. The summed E-state index contributed by atoms with van der Waals surface area (Å²) in [4.78, 5) is 36.8. The third-order valence-electron chi connectivity index (χ3n) is 5.05. The van der Waals surface area contributed by atoms with Crippen LogP contribution in [0.2, 0.25) is 0 Å². The van der Waals surface area contributed by atoms with Crippen molar-refractivity contribution in [3.63, 3.8) is 0 Å². The van der Waals surface area contributed by atoms with Crippen molar-refractivity contribution in [3.05, 3.63) is 45.4 Å². The molecule has 1 N–H and O–H groups in total. The number of aliphatic hydroxyl groups is 1. The molecule has 30 heavy (non-hydrogen) atoms. The highest BCUT2D eigenvalue weighted by Crippen LogP contribution is 2.32. The van der Waals surface area contributed by atoms with E-state index in [-0.39, 0.29) is 37.1 Å². The Kier molecular flexibility index (Phi) is 5.94. The first-order chi connectivity index (χ1) is 14.5. The van der Waals surface area contributed by atoms with Gasteiger partial charge in [0.15, 0.2) is 0 Å². The van der Waals surface area contributed by atoms with Gasteiger partial charge in [0, 0.05) is 30.0 Å². The molecule has 1 amide bonds. The number of ketones is 1. The van der Waals surface area contributed by atoms with Crippen LogP contribution >= 0.6 is 22.7 Å².